The fraction of sp³-hybridized carbons (Fsp3) is 0.692. The quantitative estimate of drug-likeness (QED) is 0.633. The van der Waals surface area contributed by atoms with E-state index in [-0.39, 0.29) is 5.69 Å². The van der Waals surface area contributed by atoms with Crippen molar-refractivity contribution in [1.82, 2.24) is 9.97 Å². The van der Waals surface area contributed by atoms with E-state index in [4.69, 9.17) is 0 Å². The third kappa shape index (κ3) is 3.63. The fourth-order valence-electron chi connectivity index (χ4n) is 2.55. The van der Waals surface area contributed by atoms with E-state index in [1.807, 2.05) is 0 Å². The van der Waals surface area contributed by atoms with Crippen molar-refractivity contribution in [2.75, 3.05) is 11.9 Å². The monoisotopic (exact) mass is 280 g/mol. The predicted molar refractivity (Wildman–Crippen MR) is 74.4 cm³/mol. The maximum Gasteiger partial charge on any atom is 0.305 e. The van der Waals surface area contributed by atoms with Crippen LogP contribution in [0, 0.1) is 16.0 Å². The van der Waals surface area contributed by atoms with Crippen molar-refractivity contribution in [1.29, 1.82) is 0 Å². The molecule has 7 heteroatoms. The molecule has 7 nitrogen and oxygen atoms in total. The molecule has 1 fully saturated rings. The maximum absolute atomic E-state index is 10.5. The Labute approximate surface area is 117 Å². The van der Waals surface area contributed by atoms with Gasteiger partial charge >= 0.3 is 5.69 Å². The summed E-state index contributed by atoms with van der Waals surface area (Å²) in [5.41, 5.74) is -0.866. The molecule has 1 aromatic rings. The summed E-state index contributed by atoms with van der Waals surface area (Å²) in [6.45, 7) is 2.55. The normalized spacial score (nSPS) is 26.2. The highest BCUT2D eigenvalue weighted by atomic mass is 16.6. The highest BCUT2D eigenvalue weighted by Crippen LogP contribution is 2.33. The van der Waals surface area contributed by atoms with Gasteiger partial charge in [-0.1, -0.05) is 13.3 Å². The number of nitro groups is 1. The molecule has 1 aliphatic rings. The lowest BCUT2D eigenvalue weighted by Gasteiger charge is -2.35. The molecule has 1 aliphatic carbocycles. The number of nitrogens with one attached hydrogen (secondary N) is 1. The summed E-state index contributed by atoms with van der Waals surface area (Å²) in [7, 11) is 0. The minimum Gasteiger partial charge on any atom is -0.388 e. The summed E-state index contributed by atoms with van der Waals surface area (Å²) in [6, 6.07) is 0. The Hall–Kier alpha value is -1.76. The summed E-state index contributed by atoms with van der Waals surface area (Å²) in [4.78, 5) is 17.7. The average Bonchev–Trinajstić information content (AvgIpc) is 2.46. The molecule has 0 aliphatic heterocycles. The van der Waals surface area contributed by atoms with Gasteiger partial charge in [0.05, 0.1) is 10.5 Å². The Morgan fingerprint density at radius 2 is 2.05 bits per heavy atom. The molecule has 0 unspecified atom stereocenters. The van der Waals surface area contributed by atoms with Crippen molar-refractivity contribution in [2.45, 2.75) is 44.6 Å². The van der Waals surface area contributed by atoms with Crippen molar-refractivity contribution >= 4 is 11.6 Å². The maximum atomic E-state index is 10.5. The van der Waals surface area contributed by atoms with E-state index in [0.717, 1.165) is 44.5 Å². The van der Waals surface area contributed by atoms with E-state index < -0.39 is 10.5 Å². The molecule has 2 N–H and O–H groups in total. The van der Waals surface area contributed by atoms with E-state index in [1.54, 1.807) is 0 Å². The summed E-state index contributed by atoms with van der Waals surface area (Å²) in [6.07, 6.45) is 7.10. The molecule has 1 heterocycles. The van der Waals surface area contributed by atoms with Gasteiger partial charge in [-0.3, -0.25) is 10.1 Å². The van der Waals surface area contributed by atoms with Gasteiger partial charge in [-0.2, -0.15) is 0 Å². The third-order valence-electron chi connectivity index (χ3n) is 4.04. The SMILES string of the molecule is CCC1CCC(O)(CNc2ncc([N+](=O)[O-])cn2)CC1. The molecule has 0 radical (unpaired) electrons. The van der Waals surface area contributed by atoms with Crippen LogP contribution in [0.4, 0.5) is 11.6 Å². The Kier molecular flexibility index (Phi) is 4.49. The highest BCUT2D eigenvalue weighted by Gasteiger charge is 2.32. The fourth-order valence-corrected chi connectivity index (χ4v) is 2.55. The van der Waals surface area contributed by atoms with Crippen LogP contribution in [0.25, 0.3) is 0 Å². The van der Waals surface area contributed by atoms with Crippen LogP contribution in [-0.2, 0) is 0 Å². The first-order valence-electron chi connectivity index (χ1n) is 6.95. The Morgan fingerprint density at radius 3 is 2.55 bits per heavy atom. The van der Waals surface area contributed by atoms with E-state index in [1.165, 1.54) is 0 Å². The smallest absolute Gasteiger partial charge is 0.305 e. The van der Waals surface area contributed by atoms with Gasteiger partial charge in [-0.05, 0) is 31.6 Å². The van der Waals surface area contributed by atoms with Gasteiger partial charge in [0.25, 0.3) is 0 Å². The molecule has 1 saturated carbocycles. The third-order valence-corrected chi connectivity index (χ3v) is 4.04. The van der Waals surface area contributed by atoms with Crippen molar-refractivity contribution in [3.05, 3.63) is 22.5 Å². The standard InChI is InChI=1S/C13H20N4O3/c1-2-10-3-5-13(18,6-4-10)9-16-12-14-7-11(8-15-12)17(19)20/h7-8,10,18H,2-6,9H2,1H3,(H,14,15,16). The Balaban J connectivity index is 1.87. The van der Waals surface area contributed by atoms with Gasteiger partial charge in [-0.25, -0.2) is 9.97 Å². The summed E-state index contributed by atoms with van der Waals surface area (Å²) >= 11 is 0. The first kappa shape index (κ1) is 14.6. The summed E-state index contributed by atoms with van der Waals surface area (Å²) < 4.78 is 0. The van der Waals surface area contributed by atoms with Gasteiger partial charge in [0.15, 0.2) is 0 Å². The van der Waals surface area contributed by atoms with Gasteiger partial charge in [0, 0.05) is 6.54 Å². The zero-order valence-corrected chi connectivity index (χ0v) is 11.6. The lowest BCUT2D eigenvalue weighted by atomic mass is 9.78. The average molecular weight is 280 g/mol. The number of anilines is 1. The van der Waals surface area contributed by atoms with Crippen molar-refractivity contribution in [3.63, 3.8) is 0 Å². The second-order valence-electron chi connectivity index (χ2n) is 5.45. The number of aliphatic hydroxyl groups is 1. The zero-order chi connectivity index (χ0) is 14.6. The molecule has 2 rings (SSSR count). The van der Waals surface area contributed by atoms with Gasteiger partial charge in [0.2, 0.25) is 5.95 Å². The molecule has 110 valence electrons. The molecule has 0 aromatic carbocycles. The summed E-state index contributed by atoms with van der Waals surface area (Å²) in [5, 5.41) is 23.9. The molecular weight excluding hydrogens is 260 g/mol. The lowest BCUT2D eigenvalue weighted by molar-refractivity contribution is -0.385. The van der Waals surface area contributed by atoms with Crippen LogP contribution in [0.5, 0.6) is 0 Å². The van der Waals surface area contributed by atoms with E-state index >= 15 is 0 Å². The Morgan fingerprint density at radius 1 is 1.45 bits per heavy atom. The minimum absolute atomic E-state index is 0.141. The number of aromatic nitrogens is 2. The minimum atomic E-state index is -0.725. The highest BCUT2D eigenvalue weighted by molar-refractivity contribution is 5.31. The van der Waals surface area contributed by atoms with E-state index in [0.29, 0.717) is 18.4 Å². The van der Waals surface area contributed by atoms with Crippen LogP contribution in [0.2, 0.25) is 0 Å². The molecule has 20 heavy (non-hydrogen) atoms. The number of hydrogen-bond donors (Lipinski definition) is 2. The second-order valence-corrected chi connectivity index (χ2v) is 5.45. The van der Waals surface area contributed by atoms with Gasteiger partial charge in [0.1, 0.15) is 12.4 Å². The Bertz CT molecular complexity index is 455. The van der Waals surface area contributed by atoms with Crippen LogP contribution in [-0.4, -0.2) is 32.1 Å². The van der Waals surface area contributed by atoms with Crippen LogP contribution in [0.3, 0.4) is 0 Å². The van der Waals surface area contributed by atoms with Crippen LogP contribution < -0.4 is 5.32 Å². The topological polar surface area (TPSA) is 101 Å². The van der Waals surface area contributed by atoms with Crippen LogP contribution >= 0.6 is 0 Å². The van der Waals surface area contributed by atoms with Gasteiger partial charge < -0.3 is 10.4 Å². The van der Waals surface area contributed by atoms with E-state index in [9.17, 15) is 15.2 Å². The molecule has 0 saturated heterocycles. The van der Waals surface area contributed by atoms with Crippen LogP contribution in [0.1, 0.15) is 39.0 Å². The number of rotatable bonds is 5. The molecule has 0 atom stereocenters. The van der Waals surface area contributed by atoms with Crippen molar-refractivity contribution in [2.24, 2.45) is 5.92 Å². The van der Waals surface area contributed by atoms with E-state index in [2.05, 4.69) is 22.2 Å². The molecule has 0 spiro atoms. The first-order valence-corrected chi connectivity index (χ1v) is 6.95. The summed E-state index contributed by atoms with van der Waals surface area (Å²) in [5.74, 6) is 1.02. The van der Waals surface area contributed by atoms with Crippen molar-refractivity contribution < 1.29 is 10.0 Å². The van der Waals surface area contributed by atoms with Crippen molar-refractivity contribution in [3.8, 4) is 0 Å². The predicted octanol–water partition coefficient (Wildman–Crippen LogP) is 2.13. The molecular formula is C13H20N4O3. The number of nitrogens with zero attached hydrogens (tertiary/aromatic N) is 3. The largest absolute Gasteiger partial charge is 0.388 e. The van der Waals surface area contributed by atoms with Crippen LogP contribution in [0.15, 0.2) is 12.4 Å². The second kappa shape index (κ2) is 6.13. The molecule has 0 bridgehead atoms. The zero-order valence-electron chi connectivity index (χ0n) is 11.6. The molecule has 0 amide bonds. The lowest BCUT2D eigenvalue weighted by Crippen LogP contribution is -2.40. The van der Waals surface area contributed by atoms with Gasteiger partial charge in [-0.15, -0.1) is 0 Å². The molecule has 1 aromatic heterocycles. The first-order chi connectivity index (χ1) is 9.52. The number of hydrogen-bond acceptors (Lipinski definition) is 6.